The summed E-state index contributed by atoms with van der Waals surface area (Å²) in [7, 11) is 1.75. The van der Waals surface area contributed by atoms with Gasteiger partial charge in [0.2, 0.25) is 11.8 Å². The first kappa shape index (κ1) is 20.0. The van der Waals surface area contributed by atoms with Gasteiger partial charge in [-0.25, -0.2) is 0 Å². The largest absolute Gasteiger partial charge is 0.354 e. The zero-order chi connectivity index (χ0) is 19.3. The molecular formula is C19H30N4O3. The molecule has 1 aliphatic rings. The van der Waals surface area contributed by atoms with Crippen LogP contribution in [0.2, 0.25) is 0 Å². The molecule has 3 amide bonds. The Balaban J connectivity index is 1.82. The second-order valence-corrected chi connectivity index (χ2v) is 6.74. The van der Waals surface area contributed by atoms with Crippen molar-refractivity contribution >= 4 is 17.7 Å². The third kappa shape index (κ3) is 4.45. The second kappa shape index (κ2) is 8.87. The highest BCUT2D eigenvalue weighted by Crippen LogP contribution is 2.19. The standard InChI is InChI=1S/C19H30N4O3/c1-5-22-11-9-16(14(22)3)19(26)23(6-2)12-10-20-17(24)13-15-7-8-18(25)21(15)4/h9,11,15H,5-8,10,12-13H2,1-4H3,(H,20,24). The molecule has 144 valence electrons. The average Bonchev–Trinajstić information content (AvgIpc) is 3.15. The van der Waals surface area contributed by atoms with Crippen molar-refractivity contribution in [2.24, 2.45) is 0 Å². The van der Waals surface area contributed by atoms with Gasteiger partial charge in [0, 0.05) is 64.0 Å². The number of nitrogens with one attached hydrogen (secondary N) is 1. The van der Waals surface area contributed by atoms with E-state index in [1.165, 1.54) is 0 Å². The average molecular weight is 362 g/mol. The summed E-state index contributed by atoms with van der Waals surface area (Å²) in [5.41, 5.74) is 1.68. The number of aromatic nitrogens is 1. The molecule has 0 saturated carbocycles. The van der Waals surface area contributed by atoms with Crippen LogP contribution in [0.1, 0.15) is 49.2 Å². The van der Waals surface area contributed by atoms with E-state index >= 15 is 0 Å². The second-order valence-electron chi connectivity index (χ2n) is 6.74. The summed E-state index contributed by atoms with van der Waals surface area (Å²) in [6.07, 6.45) is 3.50. The predicted molar refractivity (Wildman–Crippen MR) is 99.8 cm³/mol. The van der Waals surface area contributed by atoms with Crippen LogP contribution in [0.4, 0.5) is 0 Å². The Kier molecular flexibility index (Phi) is 6.83. The lowest BCUT2D eigenvalue weighted by molar-refractivity contribution is -0.128. The molecule has 1 aliphatic heterocycles. The first-order valence-corrected chi connectivity index (χ1v) is 9.36. The van der Waals surface area contributed by atoms with Crippen LogP contribution >= 0.6 is 0 Å². The summed E-state index contributed by atoms with van der Waals surface area (Å²) in [6.45, 7) is 8.23. The highest BCUT2D eigenvalue weighted by molar-refractivity contribution is 5.95. The van der Waals surface area contributed by atoms with Crippen LogP contribution < -0.4 is 5.32 Å². The third-order valence-electron chi connectivity index (χ3n) is 5.24. The summed E-state index contributed by atoms with van der Waals surface area (Å²) in [6, 6.07) is 1.85. The van der Waals surface area contributed by atoms with E-state index in [1.807, 2.05) is 37.6 Å². The van der Waals surface area contributed by atoms with Gasteiger partial charge in [-0.3, -0.25) is 14.4 Å². The quantitative estimate of drug-likeness (QED) is 0.760. The number of hydrogen-bond donors (Lipinski definition) is 1. The Bertz CT molecular complexity index is 668. The van der Waals surface area contributed by atoms with Crippen molar-refractivity contribution in [1.82, 2.24) is 19.7 Å². The molecule has 7 nitrogen and oxygen atoms in total. The van der Waals surface area contributed by atoms with E-state index in [9.17, 15) is 14.4 Å². The van der Waals surface area contributed by atoms with E-state index < -0.39 is 0 Å². The lowest BCUT2D eigenvalue weighted by Gasteiger charge is -2.22. The number of carbonyl (C=O) groups is 3. The van der Waals surface area contributed by atoms with Crippen LogP contribution in [-0.2, 0) is 16.1 Å². The number of amides is 3. The van der Waals surface area contributed by atoms with Crippen LogP contribution in [-0.4, -0.2) is 64.8 Å². The van der Waals surface area contributed by atoms with Gasteiger partial charge in [0.05, 0.1) is 5.56 Å². The fraction of sp³-hybridized carbons (Fsp3) is 0.632. The minimum atomic E-state index is -0.0756. The fourth-order valence-corrected chi connectivity index (χ4v) is 3.41. The van der Waals surface area contributed by atoms with E-state index in [-0.39, 0.29) is 23.8 Å². The Morgan fingerprint density at radius 2 is 2.08 bits per heavy atom. The van der Waals surface area contributed by atoms with Crippen molar-refractivity contribution in [1.29, 1.82) is 0 Å². The number of hydrogen-bond acceptors (Lipinski definition) is 3. The van der Waals surface area contributed by atoms with Crippen molar-refractivity contribution in [2.75, 3.05) is 26.7 Å². The van der Waals surface area contributed by atoms with E-state index in [2.05, 4.69) is 5.32 Å². The molecule has 0 bridgehead atoms. The van der Waals surface area contributed by atoms with E-state index in [1.54, 1.807) is 16.8 Å². The van der Waals surface area contributed by atoms with Gasteiger partial charge in [0.25, 0.3) is 5.91 Å². The van der Waals surface area contributed by atoms with Crippen LogP contribution in [0, 0.1) is 6.92 Å². The number of likely N-dealkylation sites (N-methyl/N-ethyl adjacent to an activating group) is 1. The van der Waals surface area contributed by atoms with Crippen LogP contribution in [0.15, 0.2) is 12.3 Å². The van der Waals surface area contributed by atoms with Crippen LogP contribution in [0.5, 0.6) is 0 Å². The maximum atomic E-state index is 12.7. The van der Waals surface area contributed by atoms with Crippen LogP contribution in [0.25, 0.3) is 0 Å². The van der Waals surface area contributed by atoms with Crippen molar-refractivity contribution in [2.45, 2.75) is 52.6 Å². The number of carbonyl (C=O) groups excluding carboxylic acids is 3. The lowest BCUT2D eigenvalue weighted by atomic mass is 10.1. The summed E-state index contributed by atoms with van der Waals surface area (Å²) >= 11 is 0. The van der Waals surface area contributed by atoms with Gasteiger partial charge in [0.1, 0.15) is 0 Å². The predicted octanol–water partition coefficient (Wildman–Crippen LogP) is 1.41. The third-order valence-corrected chi connectivity index (χ3v) is 5.24. The maximum absolute atomic E-state index is 12.7. The molecule has 0 radical (unpaired) electrons. The molecule has 1 saturated heterocycles. The first-order valence-electron chi connectivity index (χ1n) is 9.36. The van der Waals surface area contributed by atoms with Crippen molar-refractivity contribution < 1.29 is 14.4 Å². The molecule has 1 atom stereocenters. The Labute approximate surface area is 155 Å². The highest BCUT2D eigenvalue weighted by Gasteiger charge is 2.29. The summed E-state index contributed by atoms with van der Waals surface area (Å²) in [5, 5.41) is 2.87. The first-order chi connectivity index (χ1) is 12.4. The monoisotopic (exact) mass is 362 g/mol. The zero-order valence-electron chi connectivity index (χ0n) is 16.2. The molecule has 1 fully saturated rings. The van der Waals surface area contributed by atoms with E-state index in [0.717, 1.165) is 18.7 Å². The lowest BCUT2D eigenvalue weighted by Crippen LogP contribution is -2.40. The molecule has 1 unspecified atom stereocenters. The van der Waals surface area contributed by atoms with Crippen molar-refractivity contribution in [3.05, 3.63) is 23.5 Å². The summed E-state index contributed by atoms with van der Waals surface area (Å²) in [4.78, 5) is 39.7. The zero-order valence-corrected chi connectivity index (χ0v) is 16.2. The van der Waals surface area contributed by atoms with Gasteiger partial charge in [-0.2, -0.15) is 0 Å². The number of aryl methyl sites for hydroxylation is 1. The molecule has 0 spiro atoms. The maximum Gasteiger partial charge on any atom is 0.255 e. The molecule has 0 aromatic carbocycles. The summed E-state index contributed by atoms with van der Waals surface area (Å²) in [5.74, 6) is 0.0147. The van der Waals surface area contributed by atoms with Crippen LogP contribution in [0.3, 0.4) is 0 Å². The molecule has 2 rings (SSSR count). The van der Waals surface area contributed by atoms with Gasteiger partial charge in [0.15, 0.2) is 0 Å². The molecular weight excluding hydrogens is 332 g/mol. The Hall–Kier alpha value is -2.31. The molecule has 26 heavy (non-hydrogen) atoms. The van der Waals surface area contributed by atoms with E-state index in [0.29, 0.717) is 38.0 Å². The SMILES string of the molecule is CCN(CCNC(=O)CC1CCC(=O)N1C)C(=O)c1ccn(CC)c1C. The summed E-state index contributed by atoms with van der Waals surface area (Å²) < 4.78 is 2.04. The van der Waals surface area contributed by atoms with Crippen molar-refractivity contribution in [3.63, 3.8) is 0 Å². The molecule has 7 heteroatoms. The highest BCUT2D eigenvalue weighted by atomic mass is 16.2. The van der Waals surface area contributed by atoms with Crippen molar-refractivity contribution in [3.8, 4) is 0 Å². The topological polar surface area (TPSA) is 74.7 Å². The normalized spacial score (nSPS) is 16.8. The molecule has 1 aromatic rings. The number of rotatable bonds is 8. The minimum absolute atomic E-state index is 0.00688. The Morgan fingerprint density at radius 1 is 1.35 bits per heavy atom. The molecule has 0 aliphatic carbocycles. The van der Waals surface area contributed by atoms with E-state index in [4.69, 9.17) is 0 Å². The fourth-order valence-electron chi connectivity index (χ4n) is 3.41. The number of likely N-dealkylation sites (tertiary alicyclic amines) is 1. The van der Waals surface area contributed by atoms with Gasteiger partial charge in [-0.05, 0) is 33.3 Å². The molecule has 1 N–H and O–H groups in total. The number of nitrogens with zero attached hydrogens (tertiary/aromatic N) is 3. The molecule has 2 heterocycles. The van der Waals surface area contributed by atoms with Gasteiger partial charge in [-0.15, -0.1) is 0 Å². The smallest absolute Gasteiger partial charge is 0.255 e. The minimum Gasteiger partial charge on any atom is -0.354 e. The van der Waals surface area contributed by atoms with Gasteiger partial charge >= 0.3 is 0 Å². The Morgan fingerprint density at radius 3 is 2.62 bits per heavy atom. The van der Waals surface area contributed by atoms with Gasteiger partial charge in [-0.1, -0.05) is 0 Å². The van der Waals surface area contributed by atoms with Gasteiger partial charge < -0.3 is 19.7 Å². The molecule has 1 aromatic heterocycles.